The fourth-order valence-corrected chi connectivity index (χ4v) is 3.90. The van der Waals surface area contributed by atoms with Gasteiger partial charge in [0.05, 0.1) is 18.6 Å². The number of hydrogen-bond acceptors (Lipinski definition) is 4. The number of halogens is 1. The van der Waals surface area contributed by atoms with E-state index in [1.807, 2.05) is 37.3 Å². The zero-order valence-corrected chi connectivity index (χ0v) is 14.0. The summed E-state index contributed by atoms with van der Waals surface area (Å²) in [6.07, 6.45) is 1.71. The Morgan fingerprint density at radius 2 is 2.14 bits per heavy atom. The molecule has 1 saturated carbocycles. The summed E-state index contributed by atoms with van der Waals surface area (Å²) in [5, 5.41) is 0. The Morgan fingerprint density at radius 1 is 1.38 bits per heavy atom. The number of nitrogens with zero attached hydrogens (tertiary/aromatic N) is 1. The molecule has 1 heterocycles. The number of hydrogen-bond donors (Lipinski definition) is 0. The van der Waals surface area contributed by atoms with Crippen LogP contribution in [0.25, 0.3) is 0 Å². The van der Waals surface area contributed by atoms with Gasteiger partial charge in [0.2, 0.25) is 5.90 Å². The Kier molecular flexibility index (Phi) is 4.47. The van der Waals surface area contributed by atoms with Crippen molar-refractivity contribution in [2.75, 3.05) is 6.61 Å². The van der Waals surface area contributed by atoms with Crippen LogP contribution in [0.1, 0.15) is 25.3 Å². The van der Waals surface area contributed by atoms with Crippen LogP contribution in [0.2, 0.25) is 0 Å². The molecule has 0 saturated heterocycles. The molecule has 0 aromatic heterocycles. The standard InChI is InChI=1S/C16H18INO3/c1-2-20-16(19)11-8-12(17)14-9-13(11)18-15(21-14)10-6-4-3-5-7-10/h3-7,11-14H,2,8-9H2,1H3/t11-,12+,13+,14-/m1/s1. The van der Waals surface area contributed by atoms with Crippen LogP contribution < -0.4 is 0 Å². The zero-order chi connectivity index (χ0) is 14.8. The van der Waals surface area contributed by atoms with Crippen molar-refractivity contribution >= 4 is 34.5 Å². The van der Waals surface area contributed by atoms with E-state index in [1.54, 1.807) is 0 Å². The lowest BCUT2D eigenvalue weighted by molar-refractivity contribution is -0.150. The maximum absolute atomic E-state index is 12.2. The average molecular weight is 399 g/mol. The van der Waals surface area contributed by atoms with Gasteiger partial charge in [-0.15, -0.1) is 0 Å². The molecule has 0 radical (unpaired) electrons. The Balaban J connectivity index is 1.88. The second-order valence-corrected chi connectivity index (χ2v) is 6.97. The van der Waals surface area contributed by atoms with E-state index in [9.17, 15) is 4.79 Å². The van der Waals surface area contributed by atoms with Gasteiger partial charge in [-0.3, -0.25) is 4.79 Å². The monoisotopic (exact) mass is 399 g/mol. The average Bonchev–Trinajstić information content (AvgIpc) is 2.52. The summed E-state index contributed by atoms with van der Waals surface area (Å²) in [4.78, 5) is 16.8. The second-order valence-electron chi connectivity index (χ2n) is 5.37. The molecule has 0 amide bonds. The van der Waals surface area contributed by atoms with Gasteiger partial charge in [0.25, 0.3) is 0 Å². The minimum Gasteiger partial charge on any atom is -0.473 e. The van der Waals surface area contributed by atoms with E-state index < -0.39 is 0 Å². The molecule has 2 aliphatic rings. The van der Waals surface area contributed by atoms with Crippen LogP contribution in [0, 0.1) is 5.92 Å². The minimum absolute atomic E-state index is 0.0241. The van der Waals surface area contributed by atoms with Gasteiger partial charge in [0, 0.05) is 15.9 Å². The third-order valence-corrected chi connectivity index (χ3v) is 5.29. The largest absolute Gasteiger partial charge is 0.473 e. The number of carbonyl (C=O) groups excluding carboxylic acids is 1. The van der Waals surface area contributed by atoms with E-state index in [-0.39, 0.29) is 24.0 Å². The number of alkyl halides is 1. The highest BCUT2D eigenvalue weighted by atomic mass is 127. The first-order valence-electron chi connectivity index (χ1n) is 7.29. The van der Waals surface area contributed by atoms with Crippen molar-refractivity contribution in [1.82, 2.24) is 0 Å². The molecule has 1 aliphatic heterocycles. The molecular weight excluding hydrogens is 381 g/mol. The van der Waals surface area contributed by atoms with Crippen LogP contribution in [0.3, 0.4) is 0 Å². The molecule has 0 N–H and O–H groups in total. The highest BCUT2D eigenvalue weighted by Gasteiger charge is 2.44. The normalized spacial score (nSPS) is 31.0. The van der Waals surface area contributed by atoms with E-state index in [2.05, 4.69) is 27.6 Å². The third-order valence-electron chi connectivity index (χ3n) is 3.98. The SMILES string of the molecule is CCOC(=O)[C@@H]1C[C@H](I)[C@H]2C[C@@H]1N=C(c1ccccc1)O2. The first-order chi connectivity index (χ1) is 10.2. The Bertz CT molecular complexity index is 546. The fourth-order valence-electron chi connectivity index (χ4n) is 2.92. The van der Waals surface area contributed by atoms with E-state index in [0.717, 1.165) is 18.4 Å². The maximum Gasteiger partial charge on any atom is 0.311 e. The van der Waals surface area contributed by atoms with Crippen LogP contribution >= 0.6 is 22.6 Å². The molecule has 21 heavy (non-hydrogen) atoms. The zero-order valence-electron chi connectivity index (χ0n) is 11.9. The third kappa shape index (κ3) is 3.07. The molecular formula is C16H18INO3. The van der Waals surface area contributed by atoms with Gasteiger partial charge in [0.15, 0.2) is 0 Å². The molecule has 1 aromatic rings. The molecule has 4 nitrogen and oxygen atoms in total. The molecule has 3 rings (SSSR count). The number of esters is 1. The Morgan fingerprint density at radius 3 is 2.86 bits per heavy atom. The van der Waals surface area contributed by atoms with Crippen molar-refractivity contribution in [3.05, 3.63) is 35.9 Å². The first kappa shape index (κ1) is 14.8. The van der Waals surface area contributed by atoms with Gasteiger partial charge in [-0.2, -0.15) is 0 Å². The minimum atomic E-state index is -0.147. The van der Waals surface area contributed by atoms with Crippen molar-refractivity contribution in [2.45, 2.75) is 35.8 Å². The lowest BCUT2D eigenvalue weighted by Gasteiger charge is -2.40. The highest BCUT2D eigenvalue weighted by Crippen LogP contribution is 2.38. The van der Waals surface area contributed by atoms with E-state index in [0.29, 0.717) is 16.4 Å². The number of ether oxygens (including phenoxy) is 2. The number of carbonyl (C=O) groups is 1. The Hall–Kier alpha value is -1.11. The lowest BCUT2D eigenvalue weighted by Crippen LogP contribution is -2.47. The highest BCUT2D eigenvalue weighted by molar-refractivity contribution is 14.1. The summed E-state index contributed by atoms with van der Waals surface area (Å²) < 4.78 is 11.6. The van der Waals surface area contributed by atoms with E-state index in [4.69, 9.17) is 9.47 Å². The van der Waals surface area contributed by atoms with E-state index >= 15 is 0 Å². The lowest BCUT2D eigenvalue weighted by atomic mass is 9.82. The van der Waals surface area contributed by atoms with Crippen LogP contribution in [0.4, 0.5) is 0 Å². The maximum atomic E-state index is 12.2. The van der Waals surface area contributed by atoms with Gasteiger partial charge in [-0.1, -0.05) is 40.8 Å². The molecule has 1 fully saturated rings. The summed E-state index contributed by atoms with van der Waals surface area (Å²) in [6, 6.07) is 9.86. The molecule has 4 atom stereocenters. The quantitative estimate of drug-likeness (QED) is 0.446. The van der Waals surface area contributed by atoms with Crippen LogP contribution in [-0.2, 0) is 14.3 Å². The number of aliphatic imine (C=N–C) groups is 1. The Labute approximate surface area is 138 Å². The van der Waals surface area contributed by atoms with Crippen molar-refractivity contribution < 1.29 is 14.3 Å². The summed E-state index contributed by atoms with van der Waals surface area (Å²) in [6.45, 7) is 2.26. The second kappa shape index (κ2) is 6.34. The van der Waals surface area contributed by atoms with Crippen molar-refractivity contribution in [2.24, 2.45) is 10.9 Å². The van der Waals surface area contributed by atoms with Crippen LogP contribution in [0.5, 0.6) is 0 Å². The molecule has 2 bridgehead atoms. The molecule has 1 aliphatic carbocycles. The van der Waals surface area contributed by atoms with Crippen LogP contribution in [0.15, 0.2) is 35.3 Å². The molecule has 0 spiro atoms. The number of fused-ring (bicyclic) bond motifs is 2. The summed E-state index contributed by atoms with van der Waals surface area (Å²) >= 11 is 2.38. The fraction of sp³-hybridized carbons (Fsp3) is 0.500. The summed E-state index contributed by atoms with van der Waals surface area (Å²) in [5.74, 6) is 0.388. The van der Waals surface area contributed by atoms with Crippen molar-refractivity contribution in [1.29, 1.82) is 0 Å². The van der Waals surface area contributed by atoms with Gasteiger partial charge in [-0.05, 0) is 25.5 Å². The van der Waals surface area contributed by atoms with Crippen molar-refractivity contribution in [3.8, 4) is 0 Å². The molecule has 0 unspecified atom stereocenters. The summed E-state index contributed by atoms with van der Waals surface area (Å²) in [7, 11) is 0. The summed E-state index contributed by atoms with van der Waals surface area (Å²) in [5.41, 5.74) is 0.973. The topological polar surface area (TPSA) is 47.9 Å². The predicted molar refractivity (Wildman–Crippen MR) is 88.8 cm³/mol. The molecule has 112 valence electrons. The smallest absolute Gasteiger partial charge is 0.311 e. The molecule has 5 heteroatoms. The van der Waals surface area contributed by atoms with Gasteiger partial charge in [0.1, 0.15) is 6.10 Å². The first-order valence-corrected chi connectivity index (χ1v) is 8.54. The van der Waals surface area contributed by atoms with Crippen LogP contribution in [-0.4, -0.2) is 34.5 Å². The van der Waals surface area contributed by atoms with E-state index in [1.165, 1.54) is 0 Å². The van der Waals surface area contributed by atoms with Gasteiger partial charge < -0.3 is 9.47 Å². The van der Waals surface area contributed by atoms with Crippen molar-refractivity contribution in [3.63, 3.8) is 0 Å². The number of benzene rings is 1. The molecule has 1 aromatic carbocycles. The van der Waals surface area contributed by atoms with Gasteiger partial charge in [-0.25, -0.2) is 4.99 Å². The number of rotatable bonds is 3. The van der Waals surface area contributed by atoms with Gasteiger partial charge >= 0.3 is 5.97 Å². The predicted octanol–water partition coefficient (Wildman–Crippen LogP) is 2.98.